The van der Waals surface area contributed by atoms with Gasteiger partial charge in [0, 0.05) is 11.3 Å². The van der Waals surface area contributed by atoms with Gasteiger partial charge in [0.1, 0.15) is 6.42 Å². The van der Waals surface area contributed by atoms with Crippen molar-refractivity contribution in [3.63, 3.8) is 0 Å². The molecule has 0 saturated heterocycles. The van der Waals surface area contributed by atoms with Gasteiger partial charge in [0.2, 0.25) is 5.91 Å². The summed E-state index contributed by atoms with van der Waals surface area (Å²) in [6.45, 7) is 1.83. The van der Waals surface area contributed by atoms with E-state index < -0.39 is 29.6 Å². The average Bonchev–Trinajstić information content (AvgIpc) is 2.31. The highest BCUT2D eigenvalue weighted by molar-refractivity contribution is 7.80. The lowest BCUT2D eigenvalue weighted by Crippen LogP contribution is -2.19. The number of carbonyl (C=O) groups excluding carboxylic acids is 2. The molecule has 0 spiro atoms. The van der Waals surface area contributed by atoms with E-state index in [2.05, 4.69) is 14.8 Å². The topological polar surface area (TPSA) is 108 Å². The van der Waals surface area contributed by atoms with E-state index in [9.17, 15) is 18.4 Å². The number of ether oxygens (including phenoxy) is 1. The summed E-state index contributed by atoms with van der Waals surface area (Å²) >= 11 is -2.50. The zero-order chi connectivity index (χ0) is 14.3. The van der Waals surface area contributed by atoms with Crippen molar-refractivity contribution in [1.82, 2.24) is 0 Å². The Labute approximate surface area is 112 Å². The lowest BCUT2D eigenvalue weighted by molar-refractivity contribution is -0.145. The molecule has 0 saturated carbocycles. The minimum absolute atomic E-state index is 0.194. The number of para-hydroxylation sites is 2. The molecular weight excluding hydrogens is 272 g/mol. The molecule has 8 heteroatoms. The molecule has 1 aromatic rings. The predicted molar refractivity (Wildman–Crippen MR) is 68.9 cm³/mol. The molecule has 0 heterocycles. The Hall–Kier alpha value is -1.93. The van der Waals surface area contributed by atoms with Crippen molar-refractivity contribution in [2.45, 2.75) is 13.3 Å². The maximum absolute atomic E-state index is 11.5. The molecule has 0 radical (unpaired) electrons. The van der Waals surface area contributed by atoms with Gasteiger partial charge >= 0.3 is 5.97 Å². The molecule has 19 heavy (non-hydrogen) atoms. The Morgan fingerprint density at radius 2 is 1.95 bits per heavy atom. The molecule has 104 valence electrons. The highest BCUT2D eigenvalue weighted by Crippen LogP contribution is 2.21. The van der Waals surface area contributed by atoms with E-state index in [1.807, 2.05) is 0 Å². The number of rotatable bonds is 6. The van der Waals surface area contributed by atoms with Crippen molar-refractivity contribution >= 4 is 34.5 Å². The number of anilines is 2. The van der Waals surface area contributed by atoms with Gasteiger partial charge in [0.15, 0.2) is 0 Å². The van der Waals surface area contributed by atoms with Crippen LogP contribution in [0.2, 0.25) is 0 Å². The third-order valence-corrected chi connectivity index (χ3v) is 2.39. The first kappa shape index (κ1) is 15.1. The Kier molecular flexibility index (Phi) is 5.97. The van der Waals surface area contributed by atoms with Crippen LogP contribution < -0.4 is 10.0 Å². The van der Waals surface area contributed by atoms with E-state index in [4.69, 9.17) is 0 Å². The quantitative estimate of drug-likeness (QED) is 0.456. The van der Waals surface area contributed by atoms with Crippen LogP contribution in [0.5, 0.6) is 0 Å². The molecule has 0 aliphatic heterocycles. The van der Waals surface area contributed by atoms with Crippen molar-refractivity contribution in [1.29, 1.82) is 0 Å². The number of nitrogens with one attached hydrogen (secondary N) is 2. The van der Waals surface area contributed by atoms with Gasteiger partial charge < -0.3 is 19.3 Å². The average molecular weight is 285 g/mol. The molecular formula is C11H13N2O5S-. The third-order valence-electron chi connectivity index (χ3n) is 2.00. The van der Waals surface area contributed by atoms with Gasteiger partial charge in [-0.15, -0.1) is 0 Å². The summed E-state index contributed by atoms with van der Waals surface area (Å²) in [5, 5.41) is 2.43. The molecule has 1 amide bonds. The van der Waals surface area contributed by atoms with Crippen LogP contribution in [0.25, 0.3) is 0 Å². The summed E-state index contributed by atoms with van der Waals surface area (Å²) < 4.78 is 27.9. The first-order valence-electron chi connectivity index (χ1n) is 5.43. The normalized spacial score (nSPS) is 11.5. The molecule has 1 rings (SSSR count). The number of amides is 1. The van der Waals surface area contributed by atoms with Gasteiger partial charge in [0.25, 0.3) is 0 Å². The highest BCUT2D eigenvalue weighted by Gasteiger charge is 2.12. The van der Waals surface area contributed by atoms with Crippen molar-refractivity contribution in [2.75, 3.05) is 16.6 Å². The Balaban J connectivity index is 2.68. The zero-order valence-corrected chi connectivity index (χ0v) is 11.0. The largest absolute Gasteiger partial charge is 0.755 e. The molecule has 1 atom stereocenters. The Bertz CT molecular complexity index is 492. The SMILES string of the molecule is CCOC(=O)CC(=O)Nc1ccccc1NS(=O)[O-]. The van der Waals surface area contributed by atoms with Crippen LogP contribution in [0, 0.1) is 0 Å². The van der Waals surface area contributed by atoms with E-state index in [1.54, 1.807) is 19.1 Å². The Morgan fingerprint density at radius 1 is 1.32 bits per heavy atom. The number of hydrogen-bond acceptors (Lipinski definition) is 5. The molecule has 0 bridgehead atoms. The molecule has 2 N–H and O–H groups in total. The highest BCUT2D eigenvalue weighted by atomic mass is 32.2. The van der Waals surface area contributed by atoms with Gasteiger partial charge in [-0.25, -0.2) is 0 Å². The van der Waals surface area contributed by atoms with E-state index in [0.717, 1.165) is 0 Å². The van der Waals surface area contributed by atoms with Crippen molar-refractivity contribution in [2.24, 2.45) is 0 Å². The van der Waals surface area contributed by atoms with Gasteiger partial charge in [-0.1, -0.05) is 12.1 Å². The van der Waals surface area contributed by atoms with Crippen LogP contribution in [0.3, 0.4) is 0 Å². The fourth-order valence-electron chi connectivity index (χ4n) is 1.31. The summed E-state index contributed by atoms with van der Waals surface area (Å²) in [6.07, 6.45) is -0.428. The van der Waals surface area contributed by atoms with Crippen molar-refractivity contribution < 1.29 is 23.1 Å². The summed E-state index contributed by atoms with van der Waals surface area (Å²) in [6, 6.07) is 6.23. The fourth-order valence-corrected chi connectivity index (χ4v) is 1.67. The van der Waals surface area contributed by atoms with Gasteiger partial charge in [0.05, 0.1) is 18.0 Å². The monoisotopic (exact) mass is 285 g/mol. The molecule has 7 nitrogen and oxygen atoms in total. The summed E-state index contributed by atoms with van der Waals surface area (Å²) in [4.78, 5) is 22.7. The molecule has 1 aromatic carbocycles. The Morgan fingerprint density at radius 3 is 2.53 bits per heavy atom. The van der Waals surface area contributed by atoms with Crippen LogP contribution in [0.4, 0.5) is 11.4 Å². The third kappa shape index (κ3) is 5.49. The van der Waals surface area contributed by atoms with Gasteiger partial charge in [-0.3, -0.25) is 13.8 Å². The number of carbonyl (C=O) groups is 2. The maximum atomic E-state index is 11.5. The first-order chi connectivity index (χ1) is 9.02. The second kappa shape index (κ2) is 7.49. The van der Waals surface area contributed by atoms with E-state index >= 15 is 0 Å². The predicted octanol–water partition coefficient (Wildman–Crippen LogP) is 0.784. The number of hydrogen-bond donors (Lipinski definition) is 2. The standard InChI is InChI=1S/C11H14N2O5S/c1-2-18-11(15)7-10(14)12-8-5-3-4-6-9(8)13-19(16)17/h3-6,13H,2,7H2,1H3,(H,12,14)(H,16,17)/p-1. The van der Waals surface area contributed by atoms with Crippen molar-refractivity contribution in [3.8, 4) is 0 Å². The smallest absolute Gasteiger partial charge is 0.315 e. The lowest BCUT2D eigenvalue weighted by Gasteiger charge is -2.13. The molecule has 0 aliphatic rings. The van der Waals surface area contributed by atoms with Crippen LogP contribution in [-0.2, 0) is 25.6 Å². The molecule has 0 aliphatic carbocycles. The summed E-state index contributed by atoms with van der Waals surface area (Å²) in [5.74, 6) is -1.22. The van der Waals surface area contributed by atoms with E-state index in [0.29, 0.717) is 0 Å². The second-order valence-electron chi connectivity index (χ2n) is 3.41. The molecule has 0 aromatic heterocycles. The zero-order valence-electron chi connectivity index (χ0n) is 10.2. The van der Waals surface area contributed by atoms with E-state index in [1.165, 1.54) is 12.1 Å². The summed E-state index contributed by atoms with van der Waals surface area (Å²) in [7, 11) is 0. The lowest BCUT2D eigenvalue weighted by atomic mass is 10.2. The van der Waals surface area contributed by atoms with Crippen LogP contribution in [-0.4, -0.2) is 27.2 Å². The van der Waals surface area contributed by atoms with E-state index in [-0.39, 0.29) is 18.0 Å². The van der Waals surface area contributed by atoms with Crippen LogP contribution in [0.15, 0.2) is 24.3 Å². The maximum Gasteiger partial charge on any atom is 0.315 e. The molecule has 1 unspecified atom stereocenters. The van der Waals surface area contributed by atoms with Crippen LogP contribution >= 0.6 is 0 Å². The number of esters is 1. The minimum Gasteiger partial charge on any atom is -0.755 e. The van der Waals surface area contributed by atoms with Gasteiger partial charge in [-0.2, -0.15) is 0 Å². The first-order valence-corrected chi connectivity index (χ1v) is 6.50. The molecule has 0 fully saturated rings. The second-order valence-corrected chi connectivity index (χ2v) is 4.09. The van der Waals surface area contributed by atoms with Crippen molar-refractivity contribution in [3.05, 3.63) is 24.3 Å². The fraction of sp³-hybridized carbons (Fsp3) is 0.273. The number of benzene rings is 1. The summed E-state index contributed by atoms with van der Waals surface area (Å²) in [5.41, 5.74) is 0.481. The van der Waals surface area contributed by atoms with Crippen LogP contribution in [0.1, 0.15) is 13.3 Å². The van der Waals surface area contributed by atoms with Gasteiger partial charge in [-0.05, 0) is 19.1 Å². The minimum atomic E-state index is -2.50.